The van der Waals surface area contributed by atoms with Gasteiger partial charge in [0.15, 0.2) is 5.78 Å². The van der Waals surface area contributed by atoms with Gasteiger partial charge >= 0.3 is 0 Å². The molecule has 0 aromatic heterocycles. The van der Waals surface area contributed by atoms with Crippen molar-refractivity contribution in [3.63, 3.8) is 0 Å². The number of hydrogen-bond acceptors (Lipinski definition) is 4. The predicted molar refractivity (Wildman–Crippen MR) is 75.5 cm³/mol. The van der Waals surface area contributed by atoms with E-state index in [2.05, 4.69) is 0 Å². The van der Waals surface area contributed by atoms with Crippen LogP contribution in [0, 0.1) is 13.8 Å². The maximum Gasteiger partial charge on any atom is 0.179 e. The van der Waals surface area contributed by atoms with Crippen molar-refractivity contribution >= 4 is 5.78 Å². The molecule has 1 atom stereocenters. The Kier molecular flexibility index (Phi) is 6.15. The molecule has 106 valence electrons. The van der Waals surface area contributed by atoms with E-state index in [1.54, 1.807) is 4.90 Å². The molecule has 4 nitrogen and oxygen atoms in total. The molecule has 1 rings (SSSR count). The zero-order valence-corrected chi connectivity index (χ0v) is 11.9. The van der Waals surface area contributed by atoms with Gasteiger partial charge in [-0.1, -0.05) is 17.7 Å². The van der Waals surface area contributed by atoms with E-state index in [-0.39, 0.29) is 25.0 Å². The van der Waals surface area contributed by atoms with Crippen molar-refractivity contribution in [2.45, 2.75) is 26.8 Å². The van der Waals surface area contributed by atoms with Crippen LogP contribution in [0.2, 0.25) is 0 Å². The highest BCUT2D eigenvalue weighted by Crippen LogP contribution is 2.15. The minimum atomic E-state index is -0.347. The van der Waals surface area contributed by atoms with Gasteiger partial charge < -0.3 is 10.2 Å². The molecule has 1 aromatic carbocycles. The third-order valence-electron chi connectivity index (χ3n) is 3.36. The third-order valence-corrected chi connectivity index (χ3v) is 3.36. The van der Waals surface area contributed by atoms with Crippen LogP contribution in [0.5, 0.6) is 0 Å². The van der Waals surface area contributed by atoms with E-state index in [0.717, 1.165) is 11.1 Å². The summed E-state index contributed by atoms with van der Waals surface area (Å²) < 4.78 is 0. The Labute approximate surface area is 114 Å². The first-order chi connectivity index (χ1) is 9.01. The van der Waals surface area contributed by atoms with Crippen LogP contribution in [0.15, 0.2) is 18.2 Å². The number of ketones is 1. The van der Waals surface area contributed by atoms with Crippen LogP contribution in [-0.2, 0) is 0 Å². The Balaban J connectivity index is 2.93. The number of Topliss-reactive ketones (excluding diaryl/α,β-unsaturated/α-hetero) is 1. The van der Waals surface area contributed by atoms with Crippen LogP contribution in [0.1, 0.15) is 28.4 Å². The molecular weight excluding hydrogens is 242 g/mol. The number of aliphatic hydroxyl groups excluding tert-OH is 2. The molecule has 0 aliphatic rings. The topological polar surface area (TPSA) is 60.8 Å². The Morgan fingerprint density at radius 3 is 2.32 bits per heavy atom. The summed E-state index contributed by atoms with van der Waals surface area (Å²) in [5, 5.41) is 18.1. The second-order valence-corrected chi connectivity index (χ2v) is 4.84. The van der Waals surface area contributed by atoms with Gasteiger partial charge in [-0.2, -0.15) is 0 Å². The van der Waals surface area contributed by atoms with E-state index in [4.69, 9.17) is 10.2 Å². The van der Waals surface area contributed by atoms with Crippen LogP contribution in [0.3, 0.4) is 0 Å². The average Bonchev–Trinajstić information content (AvgIpc) is 2.39. The molecule has 0 spiro atoms. The van der Waals surface area contributed by atoms with Crippen molar-refractivity contribution < 1.29 is 15.0 Å². The second-order valence-electron chi connectivity index (χ2n) is 4.84. The van der Waals surface area contributed by atoms with Gasteiger partial charge in [0.05, 0.1) is 19.3 Å². The number of carbonyl (C=O) groups excluding carboxylic acids is 1. The fourth-order valence-electron chi connectivity index (χ4n) is 2.15. The zero-order chi connectivity index (χ0) is 14.4. The van der Waals surface area contributed by atoms with Gasteiger partial charge in [-0.3, -0.25) is 9.69 Å². The summed E-state index contributed by atoms with van der Waals surface area (Å²) >= 11 is 0. The van der Waals surface area contributed by atoms with Gasteiger partial charge in [-0.25, -0.2) is 0 Å². The summed E-state index contributed by atoms with van der Waals surface area (Å²) in [6.45, 7) is 6.42. The minimum absolute atomic E-state index is 0.0234. The lowest BCUT2D eigenvalue weighted by atomic mass is 9.97. The summed E-state index contributed by atoms with van der Waals surface area (Å²) in [4.78, 5) is 14.3. The number of hydrogen-bond donors (Lipinski definition) is 2. The van der Waals surface area contributed by atoms with E-state index in [9.17, 15) is 4.79 Å². The highest BCUT2D eigenvalue weighted by molar-refractivity contribution is 6.01. The highest BCUT2D eigenvalue weighted by atomic mass is 16.3. The fourth-order valence-corrected chi connectivity index (χ4v) is 2.15. The molecule has 0 saturated heterocycles. The van der Waals surface area contributed by atoms with E-state index < -0.39 is 0 Å². The normalized spacial score (nSPS) is 12.7. The van der Waals surface area contributed by atoms with Crippen LogP contribution in [0.25, 0.3) is 0 Å². The van der Waals surface area contributed by atoms with Crippen molar-refractivity contribution in [3.05, 3.63) is 34.9 Å². The lowest BCUT2D eigenvalue weighted by molar-refractivity contribution is 0.0768. The summed E-state index contributed by atoms with van der Waals surface area (Å²) in [5.74, 6) is 0.0306. The van der Waals surface area contributed by atoms with Gasteiger partial charge in [0.1, 0.15) is 0 Å². The Morgan fingerprint density at radius 1 is 1.21 bits per heavy atom. The standard InChI is InChI=1S/C15H23NO3/c1-11-4-5-12(2)14(10-11)15(19)13(3)16(6-8-17)7-9-18/h4-5,10,13,17-18H,6-9H2,1-3H3. The molecule has 0 bridgehead atoms. The number of carbonyl (C=O) groups is 1. The largest absolute Gasteiger partial charge is 0.395 e. The van der Waals surface area contributed by atoms with Crippen molar-refractivity contribution in [1.29, 1.82) is 0 Å². The van der Waals surface area contributed by atoms with Crippen molar-refractivity contribution in [1.82, 2.24) is 4.90 Å². The number of rotatable bonds is 7. The molecule has 4 heteroatoms. The first kappa shape index (κ1) is 15.8. The van der Waals surface area contributed by atoms with E-state index in [0.29, 0.717) is 18.7 Å². The second kappa shape index (κ2) is 7.38. The Morgan fingerprint density at radius 2 is 1.79 bits per heavy atom. The summed E-state index contributed by atoms with van der Waals surface area (Å²) in [5.41, 5.74) is 2.72. The highest BCUT2D eigenvalue weighted by Gasteiger charge is 2.22. The maximum atomic E-state index is 12.5. The smallest absolute Gasteiger partial charge is 0.179 e. The molecule has 0 radical (unpaired) electrons. The van der Waals surface area contributed by atoms with Crippen LogP contribution in [0.4, 0.5) is 0 Å². The van der Waals surface area contributed by atoms with E-state index in [1.807, 2.05) is 39.0 Å². The van der Waals surface area contributed by atoms with Gasteiger partial charge in [-0.15, -0.1) is 0 Å². The van der Waals surface area contributed by atoms with Gasteiger partial charge in [0, 0.05) is 18.7 Å². The summed E-state index contributed by atoms with van der Waals surface area (Å²) in [7, 11) is 0. The molecule has 19 heavy (non-hydrogen) atoms. The first-order valence-corrected chi connectivity index (χ1v) is 6.58. The molecule has 2 N–H and O–H groups in total. The molecule has 0 saturated carbocycles. The number of aryl methyl sites for hydroxylation is 2. The fraction of sp³-hybridized carbons (Fsp3) is 0.533. The molecule has 0 aliphatic carbocycles. The Hall–Kier alpha value is -1.23. The lowest BCUT2D eigenvalue weighted by Crippen LogP contribution is -2.42. The molecule has 1 unspecified atom stereocenters. The van der Waals surface area contributed by atoms with E-state index in [1.165, 1.54) is 0 Å². The molecule has 1 aromatic rings. The average molecular weight is 265 g/mol. The lowest BCUT2D eigenvalue weighted by Gasteiger charge is -2.27. The first-order valence-electron chi connectivity index (χ1n) is 6.58. The monoisotopic (exact) mass is 265 g/mol. The van der Waals surface area contributed by atoms with Crippen molar-refractivity contribution in [2.24, 2.45) is 0 Å². The molecule has 0 heterocycles. The van der Waals surface area contributed by atoms with E-state index >= 15 is 0 Å². The van der Waals surface area contributed by atoms with Gasteiger partial charge in [-0.05, 0) is 32.4 Å². The van der Waals surface area contributed by atoms with Crippen molar-refractivity contribution in [2.75, 3.05) is 26.3 Å². The zero-order valence-electron chi connectivity index (χ0n) is 11.9. The van der Waals surface area contributed by atoms with Gasteiger partial charge in [0.25, 0.3) is 0 Å². The third kappa shape index (κ3) is 4.13. The van der Waals surface area contributed by atoms with Crippen molar-refractivity contribution in [3.8, 4) is 0 Å². The molecule has 0 fully saturated rings. The minimum Gasteiger partial charge on any atom is -0.395 e. The predicted octanol–water partition coefficient (Wildman–Crippen LogP) is 1.16. The Bertz CT molecular complexity index is 425. The SMILES string of the molecule is Cc1ccc(C)c(C(=O)C(C)N(CCO)CCO)c1. The van der Waals surface area contributed by atoms with Crippen LogP contribution in [-0.4, -0.2) is 53.2 Å². The summed E-state index contributed by atoms with van der Waals surface area (Å²) in [6.07, 6.45) is 0. The van der Waals surface area contributed by atoms with Crippen LogP contribution >= 0.6 is 0 Å². The number of aliphatic hydroxyl groups is 2. The summed E-state index contributed by atoms with van der Waals surface area (Å²) in [6, 6.07) is 5.47. The molecule has 0 aliphatic heterocycles. The quantitative estimate of drug-likeness (QED) is 0.726. The number of benzene rings is 1. The van der Waals surface area contributed by atoms with Gasteiger partial charge in [0.2, 0.25) is 0 Å². The number of nitrogens with zero attached hydrogens (tertiary/aromatic N) is 1. The molecule has 0 amide bonds. The maximum absolute atomic E-state index is 12.5. The molecular formula is C15H23NO3. The van der Waals surface area contributed by atoms with Crippen LogP contribution < -0.4 is 0 Å².